The molecule has 1 fully saturated rings. The molecule has 0 spiro atoms. The van der Waals surface area contributed by atoms with Crippen LogP contribution in [0.2, 0.25) is 0 Å². The molecule has 0 aliphatic heterocycles. The van der Waals surface area contributed by atoms with Crippen LogP contribution in [-0.2, 0) is 9.59 Å². The number of hydrogen-bond acceptors (Lipinski definition) is 5. The highest BCUT2D eigenvalue weighted by molar-refractivity contribution is 6.04. The van der Waals surface area contributed by atoms with Crippen molar-refractivity contribution in [3.05, 3.63) is 77.6 Å². The average Bonchev–Trinajstić information content (AvgIpc) is 3.56. The van der Waals surface area contributed by atoms with Crippen LogP contribution in [0.3, 0.4) is 0 Å². The zero-order valence-corrected chi connectivity index (χ0v) is 20.1. The van der Waals surface area contributed by atoms with Crippen LogP contribution in [0.1, 0.15) is 65.6 Å². The van der Waals surface area contributed by atoms with Crippen molar-refractivity contribution in [1.29, 1.82) is 0 Å². The van der Waals surface area contributed by atoms with Gasteiger partial charge in [-0.3, -0.25) is 19.3 Å². The van der Waals surface area contributed by atoms with Crippen LogP contribution in [0.5, 0.6) is 0 Å². The lowest BCUT2D eigenvalue weighted by molar-refractivity contribution is -0.127. The van der Waals surface area contributed by atoms with E-state index in [9.17, 15) is 14.4 Å². The van der Waals surface area contributed by atoms with Gasteiger partial charge in [0.05, 0.1) is 19.1 Å². The van der Waals surface area contributed by atoms with E-state index in [1.54, 1.807) is 18.2 Å². The van der Waals surface area contributed by atoms with E-state index in [2.05, 4.69) is 10.6 Å². The second-order valence-corrected chi connectivity index (χ2v) is 8.98. The van der Waals surface area contributed by atoms with E-state index in [1.807, 2.05) is 32.0 Å². The second kappa shape index (κ2) is 11.1. The summed E-state index contributed by atoms with van der Waals surface area (Å²) in [6, 6.07) is 11.2. The van der Waals surface area contributed by atoms with Crippen LogP contribution in [0.25, 0.3) is 0 Å². The van der Waals surface area contributed by atoms with Crippen LogP contribution >= 0.6 is 0 Å². The van der Waals surface area contributed by atoms with E-state index in [-0.39, 0.29) is 24.3 Å². The Morgan fingerprint density at radius 2 is 1.74 bits per heavy atom. The summed E-state index contributed by atoms with van der Waals surface area (Å²) in [6.45, 7) is 3.54. The van der Waals surface area contributed by atoms with Gasteiger partial charge in [0.25, 0.3) is 11.8 Å². The Labute approximate surface area is 204 Å². The molecular weight excluding hydrogens is 446 g/mol. The van der Waals surface area contributed by atoms with Crippen LogP contribution in [-0.4, -0.2) is 30.3 Å². The molecule has 2 aromatic heterocycles. The molecule has 0 saturated heterocycles. The minimum Gasteiger partial charge on any atom is -0.467 e. The van der Waals surface area contributed by atoms with Crippen LogP contribution < -0.4 is 15.5 Å². The zero-order chi connectivity index (χ0) is 24.8. The average molecular weight is 478 g/mol. The molecule has 0 unspecified atom stereocenters. The predicted molar refractivity (Wildman–Crippen MR) is 131 cm³/mol. The quantitative estimate of drug-likeness (QED) is 0.499. The number of amides is 3. The molecule has 3 aromatic rings. The number of benzene rings is 1. The summed E-state index contributed by atoms with van der Waals surface area (Å²) in [6.07, 6.45) is 7.99. The normalized spacial score (nSPS) is 14.8. The lowest BCUT2D eigenvalue weighted by Crippen LogP contribution is -2.49. The molecule has 2 heterocycles. The van der Waals surface area contributed by atoms with Crippen molar-refractivity contribution in [2.75, 3.05) is 11.4 Å². The first kappa shape index (κ1) is 24.3. The Hall–Kier alpha value is -3.81. The van der Waals surface area contributed by atoms with Gasteiger partial charge in [0, 0.05) is 11.7 Å². The Bertz CT molecular complexity index is 1150. The monoisotopic (exact) mass is 477 g/mol. The number of rotatable bonds is 8. The molecule has 1 aromatic carbocycles. The molecule has 8 nitrogen and oxygen atoms in total. The molecule has 184 valence electrons. The highest BCUT2D eigenvalue weighted by Gasteiger charge is 2.36. The fourth-order valence-electron chi connectivity index (χ4n) is 4.58. The Morgan fingerprint density at radius 3 is 2.40 bits per heavy atom. The highest BCUT2D eigenvalue weighted by atomic mass is 16.3. The van der Waals surface area contributed by atoms with E-state index in [0.29, 0.717) is 11.4 Å². The van der Waals surface area contributed by atoms with Gasteiger partial charge in [-0.1, -0.05) is 37.0 Å². The van der Waals surface area contributed by atoms with E-state index in [4.69, 9.17) is 8.83 Å². The molecule has 1 aliphatic carbocycles. The molecule has 35 heavy (non-hydrogen) atoms. The number of nitrogens with zero attached hydrogens (tertiary/aromatic N) is 1. The molecule has 4 rings (SSSR count). The number of furan rings is 2. The second-order valence-electron chi connectivity index (χ2n) is 8.98. The summed E-state index contributed by atoms with van der Waals surface area (Å²) in [5, 5.41) is 5.74. The predicted octanol–water partition coefficient (Wildman–Crippen LogP) is 4.44. The van der Waals surface area contributed by atoms with E-state index in [0.717, 1.165) is 43.2 Å². The Kier molecular flexibility index (Phi) is 7.70. The summed E-state index contributed by atoms with van der Waals surface area (Å²) in [5.74, 6) is -0.808. The summed E-state index contributed by atoms with van der Waals surface area (Å²) in [5.41, 5.74) is 2.44. The maximum absolute atomic E-state index is 13.7. The number of aryl methyl sites for hydroxylation is 2. The highest BCUT2D eigenvalue weighted by Crippen LogP contribution is 2.32. The van der Waals surface area contributed by atoms with Gasteiger partial charge < -0.3 is 19.5 Å². The lowest BCUT2D eigenvalue weighted by atomic mass is 9.95. The standard InChI is InChI=1S/C27H31N3O5/c1-18-12-13-21(19(2)16-18)30(24(31)17-28-26(32)23-11-7-15-35-23)25(22-10-6-14-34-22)27(33)29-20-8-4-3-5-9-20/h6-7,10-16,20,25H,3-5,8-9,17H2,1-2H3,(H,28,32)(H,29,33)/t25-/m1/s1. The number of nitrogens with one attached hydrogen (secondary N) is 2. The van der Waals surface area contributed by atoms with Gasteiger partial charge in [0.15, 0.2) is 11.8 Å². The molecule has 1 atom stereocenters. The summed E-state index contributed by atoms with van der Waals surface area (Å²) in [7, 11) is 0. The fourth-order valence-corrected chi connectivity index (χ4v) is 4.58. The summed E-state index contributed by atoms with van der Waals surface area (Å²) >= 11 is 0. The van der Waals surface area contributed by atoms with Gasteiger partial charge in [-0.05, 0) is 62.6 Å². The van der Waals surface area contributed by atoms with Crippen LogP contribution in [0, 0.1) is 13.8 Å². The van der Waals surface area contributed by atoms with Crippen molar-refractivity contribution in [2.24, 2.45) is 0 Å². The molecule has 0 radical (unpaired) electrons. The van der Waals surface area contributed by atoms with Gasteiger partial charge in [-0.25, -0.2) is 0 Å². The van der Waals surface area contributed by atoms with Crippen LogP contribution in [0.15, 0.2) is 63.8 Å². The molecule has 1 saturated carbocycles. The van der Waals surface area contributed by atoms with E-state index >= 15 is 0 Å². The van der Waals surface area contributed by atoms with Crippen molar-refractivity contribution in [2.45, 2.75) is 58.0 Å². The van der Waals surface area contributed by atoms with Crippen molar-refractivity contribution >= 4 is 23.4 Å². The zero-order valence-electron chi connectivity index (χ0n) is 20.1. The maximum atomic E-state index is 13.7. The lowest BCUT2D eigenvalue weighted by Gasteiger charge is -2.33. The molecular formula is C27H31N3O5. The van der Waals surface area contributed by atoms with Gasteiger partial charge in [-0.2, -0.15) is 0 Å². The molecule has 2 N–H and O–H groups in total. The van der Waals surface area contributed by atoms with Gasteiger partial charge in [0.2, 0.25) is 5.91 Å². The largest absolute Gasteiger partial charge is 0.467 e. The topological polar surface area (TPSA) is 105 Å². The minimum absolute atomic E-state index is 0.0587. The van der Waals surface area contributed by atoms with E-state index < -0.39 is 17.9 Å². The third kappa shape index (κ3) is 5.82. The maximum Gasteiger partial charge on any atom is 0.287 e. The number of anilines is 1. The Morgan fingerprint density at radius 1 is 1.00 bits per heavy atom. The van der Waals surface area contributed by atoms with Gasteiger partial charge >= 0.3 is 0 Å². The van der Waals surface area contributed by atoms with Gasteiger partial charge in [-0.15, -0.1) is 0 Å². The first-order valence-corrected chi connectivity index (χ1v) is 12.0. The molecule has 8 heteroatoms. The number of carbonyl (C=O) groups is 3. The smallest absolute Gasteiger partial charge is 0.287 e. The van der Waals surface area contributed by atoms with Crippen LogP contribution in [0.4, 0.5) is 5.69 Å². The molecule has 0 bridgehead atoms. The van der Waals surface area contributed by atoms with Crippen molar-refractivity contribution in [1.82, 2.24) is 10.6 Å². The summed E-state index contributed by atoms with van der Waals surface area (Å²) < 4.78 is 10.8. The molecule has 1 aliphatic rings. The van der Waals surface area contributed by atoms with Crippen molar-refractivity contribution in [3.63, 3.8) is 0 Å². The SMILES string of the molecule is Cc1ccc(N(C(=O)CNC(=O)c2ccco2)[C@@H](C(=O)NC2CCCCC2)c2ccco2)c(C)c1. The van der Waals surface area contributed by atoms with E-state index in [1.165, 1.54) is 23.5 Å². The summed E-state index contributed by atoms with van der Waals surface area (Å²) in [4.78, 5) is 41.1. The fraction of sp³-hybridized carbons (Fsp3) is 0.370. The van der Waals surface area contributed by atoms with Crippen molar-refractivity contribution < 1.29 is 23.2 Å². The van der Waals surface area contributed by atoms with Crippen molar-refractivity contribution in [3.8, 4) is 0 Å². The third-order valence-electron chi connectivity index (χ3n) is 6.30. The first-order chi connectivity index (χ1) is 16.9. The number of carbonyl (C=O) groups excluding carboxylic acids is 3. The van der Waals surface area contributed by atoms with Gasteiger partial charge in [0.1, 0.15) is 5.76 Å². The molecule has 3 amide bonds. The first-order valence-electron chi connectivity index (χ1n) is 12.0. The Balaban J connectivity index is 1.66. The number of hydrogen-bond donors (Lipinski definition) is 2. The minimum atomic E-state index is -1.03. The third-order valence-corrected chi connectivity index (χ3v) is 6.30.